The van der Waals surface area contributed by atoms with Crippen LogP contribution in [-0.4, -0.2) is 31.6 Å². The third-order valence-electron chi connectivity index (χ3n) is 3.93. The molecule has 0 bridgehead atoms. The quantitative estimate of drug-likeness (QED) is 0.735. The van der Waals surface area contributed by atoms with Crippen molar-refractivity contribution in [3.05, 3.63) is 53.6 Å². The second-order valence-electron chi connectivity index (χ2n) is 6.05. The Morgan fingerprint density at radius 1 is 1.10 bits per heavy atom. The fourth-order valence-corrected chi connectivity index (χ4v) is 2.56. The van der Waals surface area contributed by atoms with Gasteiger partial charge in [0.25, 0.3) is 5.91 Å². The van der Waals surface area contributed by atoms with Gasteiger partial charge >= 0.3 is 12.3 Å². The summed E-state index contributed by atoms with van der Waals surface area (Å²) in [5, 5.41) is 2.67. The van der Waals surface area contributed by atoms with Crippen LogP contribution in [0.4, 0.5) is 13.2 Å². The van der Waals surface area contributed by atoms with Crippen molar-refractivity contribution in [3.63, 3.8) is 0 Å². The molecule has 7 nitrogen and oxygen atoms in total. The zero-order valence-corrected chi connectivity index (χ0v) is 15.1. The number of halogens is 3. The van der Waals surface area contributed by atoms with Gasteiger partial charge in [0.2, 0.25) is 6.79 Å². The van der Waals surface area contributed by atoms with Crippen LogP contribution in [0.5, 0.6) is 17.2 Å². The maximum atomic E-state index is 12.1. The summed E-state index contributed by atoms with van der Waals surface area (Å²) in [6.07, 6.45) is -4.82. The van der Waals surface area contributed by atoms with Gasteiger partial charge in [-0.05, 0) is 48.9 Å². The van der Waals surface area contributed by atoms with E-state index in [1.54, 1.807) is 25.1 Å². The molecule has 2 aromatic rings. The van der Waals surface area contributed by atoms with E-state index in [2.05, 4.69) is 10.1 Å². The monoisotopic (exact) mass is 411 g/mol. The van der Waals surface area contributed by atoms with Gasteiger partial charge in [-0.15, -0.1) is 13.2 Å². The van der Waals surface area contributed by atoms with Gasteiger partial charge in [-0.1, -0.05) is 6.07 Å². The first kappa shape index (κ1) is 20.3. The van der Waals surface area contributed by atoms with Gasteiger partial charge < -0.3 is 24.3 Å². The topological polar surface area (TPSA) is 83.1 Å². The molecule has 2 aromatic carbocycles. The van der Waals surface area contributed by atoms with Crippen LogP contribution in [-0.2, 0) is 9.53 Å². The summed E-state index contributed by atoms with van der Waals surface area (Å²) in [5.74, 6) is -0.667. The minimum Gasteiger partial charge on any atom is -0.454 e. The summed E-state index contributed by atoms with van der Waals surface area (Å²) in [5.41, 5.74) is 0.755. The Hall–Kier alpha value is -3.43. The highest BCUT2D eigenvalue weighted by Gasteiger charge is 2.31. The maximum Gasteiger partial charge on any atom is 0.573 e. The Labute approximate surface area is 163 Å². The number of nitrogens with one attached hydrogen (secondary N) is 1. The predicted molar refractivity (Wildman–Crippen MR) is 92.5 cm³/mol. The van der Waals surface area contributed by atoms with E-state index in [9.17, 15) is 22.8 Å². The normalized spacial score (nSPS) is 13.5. The van der Waals surface area contributed by atoms with Gasteiger partial charge in [-0.2, -0.15) is 0 Å². The van der Waals surface area contributed by atoms with Crippen LogP contribution in [0.1, 0.15) is 28.9 Å². The van der Waals surface area contributed by atoms with Crippen LogP contribution >= 0.6 is 0 Å². The molecule has 3 rings (SSSR count). The molecular weight excluding hydrogens is 395 g/mol. The smallest absolute Gasteiger partial charge is 0.454 e. The number of amides is 1. The molecule has 1 amide bonds. The van der Waals surface area contributed by atoms with Crippen LogP contribution in [0.3, 0.4) is 0 Å². The van der Waals surface area contributed by atoms with E-state index in [-0.39, 0.29) is 18.4 Å². The molecule has 10 heteroatoms. The number of carbonyl (C=O) groups excluding carboxylic acids is 2. The highest BCUT2D eigenvalue weighted by atomic mass is 19.4. The number of hydrogen-bond donors (Lipinski definition) is 1. The van der Waals surface area contributed by atoms with E-state index in [0.29, 0.717) is 11.5 Å². The van der Waals surface area contributed by atoms with Gasteiger partial charge in [0, 0.05) is 0 Å². The number of rotatable bonds is 6. The Kier molecular flexibility index (Phi) is 5.81. The molecule has 1 aliphatic rings. The molecule has 0 saturated heterocycles. The average Bonchev–Trinajstić information content (AvgIpc) is 3.13. The molecule has 1 heterocycles. The second kappa shape index (κ2) is 8.29. The van der Waals surface area contributed by atoms with Crippen molar-refractivity contribution in [2.75, 3.05) is 13.4 Å². The highest BCUT2D eigenvalue weighted by Crippen LogP contribution is 2.34. The summed E-state index contributed by atoms with van der Waals surface area (Å²) in [6.45, 7) is 1.34. The van der Waals surface area contributed by atoms with Gasteiger partial charge in [-0.3, -0.25) is 4.79 Å². The third-order valence-corrected chi connectivity index (χ3v) is 3.93. The third kappa shape index (κ3) is 5.53. The van der Waals surface area contributed by atoms with E-state index in [1.807, 2.05) is 0 Å². The molecule has 0 saturated carbocycles. The number of benzene rings is 2. The summed E-state index contributed by atoms with van der Waals surface area (Å²) < 4.78 is 55.5. The van der Waals surface area contributed by atoms with Crippen molar-refractivity contribution >= 4 is 11.9 Å². The largest absolute Gasteiger partial charge is 0.573 e. The fraction of sp³-hybridized carbons (Fsp3) is 0.263. The van der Waals surface area contributed by atoms with Crippen LogP contribution in [0, 0.1) is 0 Å². The van der Waals surface area contributed by atoms with Crippen LogP contribution in [0.15, 0.2) is 42.5 Å². The molecule has 0 unspecified atom stereocenters. The number of ether oxygens (including phenoxy) is 4. The number of esters is 1. The van der Waals surface area contributed by atoms with Crippen molar-refractivity contribution in [1.82, 2.24) is 5.32 Å². The Bertz CT molecular complexity index is 898. The summed E-state index contributed by atoms with van der Waals surface area (Å²) >= 11 is 0. The fourth-order valence-electron chi connectivity index (χ4n) is 2.56. The lowest BCUT2D eigenvalue weighted by Crippen LogP contribution is -2.31. The van der Waals surface area contributed by atoms with Gasteiger partial charge in [0.05, 0.1) is 11.6 Å². The van der Waals surface area contributed by atoms with Crippen molar-refractivity contribution in [2.24, 2.45) is 0 Å². The Morgan fingerprint density at radius 3 is 2.48 bits per heavy atom. The first-order chi connectivity index (χ1) is 13.7. The summed E-state index contributed by atoms with van der Waals surface area (Å²) in [7, 11) is 0. The molecule has 0 fully saturated rings. The summed E-state index contributed by atoms with van der Waals surface area (Å²) in [6, 6.07) is 9.03. The van der Waals surface area contributed by atoms with Crippen LogP contribution in [0.25, 0.3) is 0 Å². The van der Waals surface area contributed by atoms with Gasteiger partial charge in [0.1, 0.15) is 5.75 Å². The molecule has 1 atom stereocenters. The lowest BCUT2D eigenvalue weighted by atomic mass is 10.1. The molecule has 1 N–H and O–H groups in total. The highest BCUT2D eigenvalue weighted by molar-refractivity contribution is 5.91. The second-order valence-corrected chi connectivity index (χ2v) is 6.05. The number of carbonyl (C=O) groups is 2. The van der Waals surface area contributed by atoms with Crippen molar-refractivity contribution in [2.45, 2.75) is 19.3 Å². The average molecular weight is 411 g/mol. The molecule has 0 aliphatic carbocycles. The van der Waals surface area contributed by atoms with E-state index >= 15 is 0 Å². The zero-order chi connectivity index (χ0) is 21.0. The standard InChI is InChI=1S/C19H16F3NO6/c1-11(13-4-7-15-16(8-13)28-10-27-15)23-17(24)9-26-18(25)12-2-5-14(6-3-12)29-19(20,21)22/h2-8,11H,9-10H2,1H3,(H,23,24)/t11-/m1/s1. The summed E-state index contributed by atoms with van der Waals surface area (Å²) in [4.78, 5) is 24.0. The van der Waals surface area contributed by atoms with Crippen molar-refractivity contribution < 1.29 is 41.7 Å². The first-order valence-electron chi connectivity index (χ1n) is 8.43. The van der Waals surface area contributed by atoms with E-state index in [4.69, 9.17) is 14.2 Å². The van der Waals surface area contributed by atoms with E-state index in [0.717, 1.165) is 29.8 Å². The molecule has 29 heavy (non-hydrogen) atoms. The predicted octanol–water partition coefficient (Wildman–Crippen LogP) is 3.35. The first-order valence-corrected chi connectivity index (χ1v) is 8.43. The van der Waals surface area contributed by atoms with Crippen LogP contribution in [0.2, 0.25) is 0 Å². The Morgan fingerprint density at radius 2 is 1.79 bits per heavy atom. The molecule has 0 spiro atoms. The SMILES string of the molecule is C[C@@H](NC(=O)COC(=O)c1ccc(OC(F)(F)F)cc1)c1ccc2c(c1)OCO2. The van der Waals surface area contributed by atoms with Crippen molar-refractivity contribution in [3.8, 4) is 17.2 Å². The molecule has 1 aliphatic heterocycles. The van der Waals surface area contributed by atoms with E-state index in [1.165, 1.54) is 0 Å². The maximum absolute atomic E-state index is 12.1. The van der Waals surface area contributed by atoms with Crippen molar-refractivity contribution in [1.29, 1.82) is 0 Å². The van der Waals surface area contributed by atoms with E-state index < -0.39 is 30.6 Å². The number of hydrogen-bond acceptors (Lipinski definition) is 6. The zero-order valence-electron chi connectivity index (χ0n) is 15.1. The lowest BCUT2D eigenvalue weighted by molar-refractivity contribution is -0.274. The molecular formula is C19H16F3NO6. The van der Waals surface area contributed by atoms with Gasteiger partial charge in [-0.25, -0.2) is 4.79 Å². The molecule has 0 radical (unpaired) electrons. The Balaban J connectivity index is 1.49. The van der Waals surface area contributed by atoms with Gasteiger partial charge in [0.15, 0.2) is 18.1 Å². The number of fused-ring (bicyclic) bond motifs is 1. The van der Waals surface area contributed by atoms with Crippen LogP contribution < -0.4 is 19.5 Å². The number of alkyl halides is 3. The minimum atomic E-state index is -4.82. The lowest BCUT2D eigenvalue weighted by Gasteiger charge is -2.15. The minimum absolute atomic E-state index is 0.0175. The molecule has 154 valence electrons. The molecule has 0 aromatic heterocycles.